The van der Waals surface area contributed by atoms with E-state index in [-0.39, 0.29) is 0 Å². The van der Waals surface area contributed by atoms with E-state index < -0.39 is 0 Å². The van der Waals surface area contributed by atoms with Crippen molar-refractivity contribution in [2.45, 2.75) is 39.3 Å². The highest BCUT2D eigenvalue weighted by atomic mass is 16.5. The van der Waals surface area contributed by atoms with Crippen LogP contribution in [0.15, 0.2) is 0 Å². The van der Waals surface area contributed by atoms with Crippen LogP contribution in [0.1, 0.15) is 32.0 Å². The van der Waals surface area contributed by atoms with E-state index in [1.165, 1.54) is 6.42 Å². The summed E-state index contributed by atoms with van der Waals surface area (Å²) in [6, 6.07) is 0. The average molecular weight is 239 g/mol. The third kappa shape index (κ3) is 3.74. The molecular formula is C11H21N5O. The average Bonchev–Trinajstić information content (AvgIpc) is 2.79. The summed E-state index contributed by atoms with van der Waals surface area (Å²) in [6.45, 7) is 6.50. The standard InChI is InChI=1S/C11H21N5O/c1-2-5-12-7-11-13-14-15-16(11)8-10-4-3-6-17-9-10/h10,12H,2-9H2,1H3. The van der Waals surface area contributed by atoms with Crippen molar-refractivity contribution in [3.63, 3.8) is 0 Å². The molecule has 96 valence electrons. The predicted molar refractivity (Wildman–Crippen MR) is 63.4 cm³/mol. The second-order valence-corrected chi connectivity index (χ2v) is 4.54. The quantitative estimate of drug-likeness (QED) is 0.736. The van der Waals surface area contributed by atoms with E-state index in [4.69, 9.17) is 4.74 Å². The van der Waals surface area contributed by atoms with Crippen LogP contribution in [0.25, 0.3) is 0 Å². The zero-order valence-electron chi connectivity index (χ0n) is 10.4. The summed E-state index contributed by atoms with van der Waals surface area (Å²) in [5.41, 5.74) is 0. The molecular weight excluding hydrogens is 218 g/mol. The van der Waals surface area contributed by atoms with Crippen LogP contribution in [0.4, 0.5) is 0 Å². The summed E-state index contributed by atoms with van der Waals surface area (Å²) in [4.78, 5) is 0. The molecule has 0 spiro atoms. The van der Waals surface area contributed by atoms with E-state index >= 15 is 0 Å². The van der Waals surface area contributed by atoms with Gasteiger partial charge in [-0.2, -0.15) is 0 Å². The van der Waals surface area contributed by atoms with E-state index in [2.05, 4.69) is 27.8 Å². The number of aromatic nitrogens is 4. The van der Waals surface area contributed by atoms with Gasteiger partial charge in [-0.1, -0.05) is 6.92 Å². The maximum absolute atomic E-state index is 5.47. The van der Waals surface area contributed by atoms with Gasteiger partial charge in [0.2, 0.25) is 0 Å². The minimum atomic E-state index is 0.553. The zero-order chi connectivity index (χ0) is 11.9. The van der Waals surface area contributed by atoms with E-state index in [0.29, 0.717) is 5.92 Å². The fraction of sp³-hybridized carbons (Fsp3) is 0.909. The van der Waals surface area contributed by atoms with E-state index in [1.807, 2.05) is 4.68 Å². The molecule has 1 aliphatic heterocycles. The number of hydrogen-bond acceptors (Lipinski definition) is 5. The van der Waals surface area contributed by atoms with Crippen molar-refractivity contribution in [1.82, 2.24) is 25.5 Å². The first kappa shape index (κ1) is 12.4. The SMILES string of the molecule is CCCNCc1nnnn1CC1CCCOC1. The Morgan fingerprint density at radius 1 is 1.53 bits per heavy atom. The third-order valence-electron chi connectivity index (χ3n) is 3.00. The first-order valence-corrected chi connectivity index (χ1v) is 6.43. The van der Waals surface area contributed by atoms with Gasteiger partial charge in [0, 0.05) is 19.1 Å². The lowest BCUT2D eigenvalue weighted by Crippen LogP contribution is -2.25. The Kier molecular flexibility index (Phi) is 4.88. The van der Waals surface area contributed by atoms with Crippen molar-refractivity contribution in [2.24, 2.45) is 5.92 Å². The zero-order valence-corrected chi connectivity index (χ0v) is 10.4. The summed E-state index contributed by atoms with van der Waals surface area (Å²) in [7, 11) is 0. The van der Waals surface area contributed by atoms with Crippen LogP contribution >= 0.6 is 0 Å². The molecule has 0 radical (unpaired) electrons. The first-order valence-electron chi connectivity index (χ1n) is 6.43. The Morgan fingerprint density at radius 2 is 2.47 bits per heavy atom. The van der Waals surface area contributed by atoms with Crippen molar-refractivity contribution in [3.8, 4) is 0 Å². The van der Waals surface area contributed by atoms with Gasteiger partial charge in [0.15, 0.2) is 5.82 Å². The summed E-state index contributed by atoms with van der Waals surface area (Å²) in [5, 5.41) is 15.2. The number of nitrogens with one attached hydrogen (secondary N) is 1. The van der Waals surface area contributed by atoms with Gasteiger partial charge < -0.3 is 10.1 Å². The number of tetrazole rings is 1. The summed E-state index contributed by atoms with van der Waals surface area (Å²) in [6.07, 6.45) is 3.48. The molecule has 1 saturated heterocycles. The molecule has 0 aromatic carbocycles. The van der Waals surface area contributed by atoms with Gasteiger partial charge in [0.25, 0.3) is 0 Å². The molecule has 1 aromatic heterocycles. The van der Waals surface area contributed by atoms with Gasteiger partial charge in [-0.3, -0.25) is 0 Å². The van der Waals surface area contributed by atoms with Crippen LogP contribution in [0.3, 0.4) is 0 Å². The number of nitrogens with zero attached hydrogens (tertiary/aromatic N) is 4. The first-order chi connectivity index (χ1) is 8.40. The largest absolute Gasteiger partial charge is 0.381 e. The highest BCUT2D eigenvalue weighted by Gasteiger charge is 2.16. The lowest BCUT2D eigenvalue weighted by Gasteiger charge is -2.21. The fourth-order valence-corrected chi connectivity index (χ4v) is 2.06. The summed E-state index contributed by atoms with van der Waals surface area (Å²) in [5.74, 6) is 1.47. The van der Waals surface area contributed by atoms with Crippen LogP contribution in [0.5, 0.6) is 0 Å². The van der Waals surface area contributed by atoms with Gasteiger partial charge >= 0.3 is 0 Å². The molecule has 0 saturated carbocycles. The Balaban J connectivity index is 1.84. The molecule has 6 heteroatoms. The van der Waals surface area contributed by atoms with Gasteiger partial charge in [0.1, 0.15) is 0 Å². The molecule has 2 heterocycles. The van der Waals surface area contributed by atoms with Crippen LogP contribution in [0, 0.1) is 5.92 Å². The van der Waals surface area contributed by atoms with E-state index in [9.17, 15) is 0 Å². The molecule has 1 N–H and O–H groups in total. The highest BCUT2D eigenvalue weighted by Crippen LogP contribution is 2.15. The molecule has 6 nitrogen and oxygen atoms in total. The summed E-state index contributed by atoms with van der Waals surface area (Å²) >= 11 is 0. The Labute approximate surface area is 102 Å². The maximum atomic E-state index is 5.47. The molecule has 1 atom stereocenters. The normalized spacial score (nSPS) is 20.6. The van der Waals surface area contributed by atoms with Crippen LogP contribution in [-0.2, 0) is 17.8 Å². The van der Waals surface area contributed by atoms with E-state index in [0.717, 1.165) is 51.5 Å². The number of hydrogen-bond donors (Lipinski definition) is 1. The Morgan fingerprint density at radius 3 is 3.24 bits per heavy atom. The van der Waals surface area contributed by atoms with Crippen LogP contribution < -0.4 is 5.32 Å². The second kappa shape index (κ2) is 6.66. The topological polar surface area (TPSA) is 64.9 Å². The fourth-order valence-electron chi connectivity index (χ4n) is 2.06. The molecule has 2 rings (SSSR count). The minimum absolute atomic E-state index is 0.553. The second-order valence-electron chi connectivity index (χ2n) is 4.54. The highest BCUT2D eigenvalue weighted by molar-refractivity contribution is 4.81. The maximum Gasteiger partial charge on any atom is 0.165 e. The van der Waals surface area contributed by atoms with Crippen molar-refractivity contribution in [1.29, 1.82) is 0 Å². The van der Waals surface area contributed by atoms with Crippen molar-refractivity contribution in [2.75, 3.05) is 19.8 Å². The van der Waals surface area contributed by atoms with Crippen molar-refractivity contribution < 1.29 is 4.74 Å². The predicted octanol–water partition coefficient (Wildman–Crippen LogP) is 0.599. The van der Waals surface area contributed by atoms with Crippen LogP contribution in [0.2, 0.25) is 0 Å². The lowest BCUT2D eigenvalue weighted by molar-refractivity contribution is 0.0464. The van der Waals surface area contributed by atoms with Gasteiger partial charge in [0.05, 0.1) is 13.2 Å². The molecule has 17 heavy (non-hydrogen) atoms. The molecule has 1 aliphatic rings. The number of rotatable bonds is 6. The summed E-state index contributed by atoms with van der Waals surface area (Å²) < 4.78 is 7.38. The van der Waals surface area contributed by atoms with E-state index in [1.54, 1.807) is 0 Å². The lowest BCUT2D eigenvalue weighted by atomic mass is 10.0. The third-order valence-corrected chi connectivity index (χ3v) is 3.00. The van der Waals surface area contributed by atoms with Crippen LogP contribution in [-0.4, -0.2) is 40.0 Å². The minimum Gasteiger partial charge on any atom is -0.381 e. The van der Waals surface area contributed by atoms with Gasteiger partial charge in [-0.25, -0.2) is 4.68 Å². The number of ether oxygens (including phenoxy) is 1. The Bertz CT molecular complexity index is 321. The molecule has 0 bridgehead atoms. The molecule has 1 aromatic rings. The van der Waals surface area contributed by atoms with Crippen molar-refractivity contribution >= 4 is 0 Å². The monoisotopic (exact) mass is 239 g/mol. The Hall–Kier alpha value is -1.01. The van der Waals surface area contributed by atoms with Gasteiger partial charge in [-0.05, 0) is 36.2 Å². The van der Waals surface area contributed by atoms with Crippen molar-refractivity contribution in [3.05, 3.63) is 5.82 Å². The smallest absolute Gasteiger partial charge is 0.165 e. The molecule has 1 unspecified atom stereocenters. The molecule has 1 fully saturated rings. The molecule has 0 amide bonds. The molecule has 0 aliphatic carbocycles. The van der Waals surface area contributed by atoms with Gasteiger partial charge in [-0.15, -0.1) is 5.10 Å².